The van der Waals surface area contributed by atoms with Gasteiger partial charge in [-0.05, 0) is 63.2 Å². The van der Waals surface area contributed by atoms with Gasteiger partial charge >= 0.3 is 0 Å². The van der Waals surface area contributed by atoms with E-state index in [2.05, 4.69) is 6.92 Å². The van der Waals surface area contributed by atoms with E-state index in [1.807, 2.05) is 0 Å². The Bertz CT molecular complexity index is 323. The molecule has 3 aliphatic rings. The predicted octanol–water partition coefficient (Wildman–Crippen LogP) is 4.45. The Balaban J connectivity index is 1.62. The molecule has 3 unspecified atom stereocenters. The highest BCUT2D eigenvalue weighted by Crippen LogP contribution is 2.49. The van der Waals surface area contributed by atoms with Crippen LogP contribution in [0.5, 0.6) is 0 Å². The van der Waals surface area contributed by atoms with Crippen molar-refractivity contribution in [3.05, 3.63) is 0 Å². The van der Waals surface area contributed by atoms with E-state index in [1.54, 1.807) is 0 Å². The molecule has 1 aliphatic heterocycles. The van der Waals surface area contributed by atoms with Crippen LogP contribution in [0.15, 0.2) is 0 Å². The van der Waals surface area contributed by atoms with Gasteiger partial charge in [-0.15, -0.1) is 0 Å². The van der Waals surface area contributed by atoms with Crippen LogP contribution in [0.1, 0.15) is 84.0 Å². The zero-order valence-corrected chi connectivity index (χ0v) is 13.2. The van der Waals surface area contributed by atoms with E-state index < -0.39 is 0 Å². The lowest BCUT2D eigenvalue weighted by molar-refractivity contribution is -0.177. The molecule has 1 spiro atoms. The van der Waals surface area contributed by atoms with E-state index in [9.17, 15) is 5.11 Å². The van der Waals surface area contributed by atoms with Crippen LogP contribution in [0.2, 0.25) is 0 Å². The van der Waals surface area contributed by atoms with Crippen LogP contribution in [0.3, 0.4) is 0 Å². The molecule has 3 atom stereocenters. The average molecular weight is 280 g/mol. The highest BCUT2D eigenvalue weighted by Gasteiger charge is 2.48. The standard InChI is InChI=1S/C18H32O2/c1-2-5-15-6-3-11-18(19,12-7-15)16-8-13-20-17(14-16)9-4-10-17/h15-16,19H,2-14H2,1H3. The molecule has 0 aromatic carbocycles. The van der Waals surface area contributed by atoms with Gasteiger partial charge in [-0.25, -0.2) is 0 Å². The molecule has 0 amide bonds. The van der Waals surface area contributed by atoms with E-state index in [0.29, 0.717) is 5.92 Å². The van der Waals surface area contributed by atoms with Crippen molar-refractivity contribution in [2.75, 3.05) is 6.61 Å². The Morgan fingerprint density at radius 3 is 2.60 bits per heavy atom. The summed E-state index contributed by atoms with van der Waals surface area (Å²) in [6.45, 7) is 3.17. The minimum Gasteiger partial charge on any atom is -0.390 e. The van der Waals surface area contributed by atoms with Gasteiger partial charge in [-0.1, -0.05) is 32.6 Å². The molecule has 1 heterocycles. The maximum atomic E-state index is 11.3. The van der Waals surface area contributed by atoms with Crippen LogP contribution >= 0.6 is 0 Å². The van der Waals surface area contributed by atoms with Gasteiger partial charge in [0.25, 0.3) is 0 Å². The summed E-state index contributed by atoms with van der Waals surface area (Å²) in [4.78, 5) is 0. The lowest BCUT2D eigenvalue weighted by atomic mass is 9.66. The molecule has 2 aliphatic carbocycles. The maximum absolute atomic E-state index is 11.3. The third-order valence-corrected chi connectivity index (χ3v) is 6.42. The van der Waals surface area contributed by atoms with Gasteiger partial charge in [-0.3, -0.25) is 0 Å². The molecular weight excluding hydrogens is 248 g/mol. The number of ether oxygens (including phenoxy) is 1. The summed E-state index contributed by atoms with van der Waals surface area (Å²) in [5.74, 6) is 1.36. The topological polar surface area (TPSA) is 29.5 Å². The molecule has 0 aromatic heterocycles. The van der Waals surface area contributed by atoms with Gasteiger partial charge in [0.1, 0.15) is 0 Å². The van der Waals surface area contributed by atoms with Gasteiger partial charge in [0, 0.05) is 6.61 Å². The Hall–Kier alpha value is -0.0800. The second-order valence-electron chi connectivity index (χ2n) is 7.76. The van der Waals surface area contributed by atoms with E-state index in [0.717, 1.165) is 38.2 Å². The van der Waals surface area contributed by atoms with Crippen molar-refractivity contribution in [1.29, 1.82) is 0 Å². The zero-order chi connectivity index (χ0) is 14.1. The molecule has 0 radical (unpaired) electrons. The van der Waals surface area contributed by atoms with Crippen LogP contribution < -0.4 is 0 Å². The summed E-state index contributed by atoms with van der Waals surface area (Å²) in [5.41, 5.74) is -0.206. The molecule has 116 valence electrons. The fourth-order valence-electron chi connectivity index (χ4n) is 4.93. The highest BCUT2D eigenvalue weighted by molar-refractivity contribution is 5.00. The summed E-state index contributed by atoms with van der Waals surface area (Å²) in [7, 11) is 0. The quantitative estimate of drug-likeness (QED) is 0.774. The van der Waals surface area contributed by atoms with Crippen molar-refractivity contribution < 1.29 is 9.84 Å². The summed E-state index contributed by atoms with van der Waals surface area (Å²) < 4.78 is 6.05. The first-order chi connectivity index (χ1) is 9.66. The number of aliphatic hydroxyl groups is 1. The van der Waals surface area contributed by atoms with Crippen LogP contribution in [-0.2, 0) is 4.74 Å². The van der Waals surface area contributed by atoms with Gasteiger partial charge in [0.05, 0.1) is 11.2 Å². The minimum absolute atomic E-state index is 0.174. The fraction of sp³-hybridized carbons (Fsp3) is 1.00. The molecule has 3 fully saturated rings. The van der Waals surface area contributed by atoms with E-state index >= 15 is 0 Å². The number of hydrogen-bond donors (Lipinski definition) is 1. The summed E-state index contributed by atoms with van der Waals surface area (Å²) in [6.07, 6.45) is 14.5. The molecular formula is C18H32O2. The van der Waals surface area contributed by atoms with Crippen LogP contribution in [0.25, 0.3) is 0 Å². The zero-order valence-electron chi connectivity index (χ0n) is 13.2. The third-order valence-electron chi connectivity index (χ3n) is 6.42. The number of rotatable bonds is 3. The van der Waals surface area contributed by atoms with Crippen molar-refractivity contribution in [2.24, 2.45) is 11.8 Å². The van der Waals surface area contributed by atoms with E-state index in [4.69, 9.17) is 4.74 Å². The lowest BCUT2D eigenvalue weighted by Crippen LogP contribution is -2.51. The molecule has 3 rings (SSSR count). The van der Waals surface area contributed by atoms with E-state index in [1.165, 1.54) is 51.4 Å². The summed E-state index contributed by atoms with van der Waals surface area (Å²) in [6, 6.07) is 0. The Morgan fingerprint density at radius 2 is 1.90 bits per heavy atom. The smallest absolute Gasteiger partial charge is 0.0686 e. The SMILES string of the molecule is CCCC1CCCC(O)(C2CCOC3(CCC3)C2)CC1. The normalized spacial score (nSPS) is 41.1. The third kappa shape index (κ3) is 2.92. The maximum Gasteiger partial charge on any atom is 0.0686 e. The molecule has 0 bridgehead atoms. The molecule has 2 nitrogen and oxygen atoms in total. The first-order valence-corrected chi connectivity index (χ1v) is 9.02. The predicted molar refractivity (Wildman–Crippen MR) is 81.7 cm³/mol. The van der Waals surface area contributed by atoms with Crippen molar-refractivity contribution in [3.8, 4) is 0 Å². The highest BCUT2D eigenvalue weighted by atomic mass is 16.5. The largest absolute Gasteiger partial charge is 0.390 e. The van der Waals surface area contributed by atoms with Crippen LogP contribution in [-0.4, -0.2) is 22.9 Å². The second-order valence-corrected chi connectivity index (χ2v) is 7.76. The van der Waals surface area contributed by atoms with Crippen molar-refractivity contribution >= 4 is 0 Å². The summed E-state index contributed by atoms with van der Waals surface area (Å²) in [5, 5.41) is 11.3. The van der Waals surface area contributed by atoms with Gasteiger partial charge in [0.2, 0.25) is 0 Å². The van der Waals surface area contributed by atoms with Crippen molar-refractivity contribution in [3.63, 3.8) is 0 Å². The van der Waals surface area contributed by atoms with Gasteiger partial charge in [0.15, 0.2) is 0 Å². The second kappa shape index (κ2) is 5.96. The molecule has 1 N–H and O–H groups in total. The van der Waals surface area contributed by atoms with Gasteiger partial charge < -0.3 is 9.84 Å². The Kier molecular flexibility index (Phi) is 4.42. The molecule has 1 saturated heterocycles. The molecule has 2 heteroatoms. The number of hydrogen-bond acceptors (Lipinski definition) is 2. The molecule has 20 heavy (non-hydrogen) atoms. The van der Waals surface area contributed by atoms with Crippen molar-refractivity contribution in [1.82, 2.24) is 0 Å². The first-order valence-electron chi connectivity index (χ1n) is 9.02. The lowest BCUT2D eigenvalue weighted by Gasteiger charge is -2.51. The average Bonchev–Trinajstić information content (AvgIpc) is 2.61. The molecule has 2 saturated carbocycles. The van der Waals surface area contributed by atoms with Crippen molar-refractivity contribution in [2.45, 2.75) is 95.2 Å². The Labute approximate surface area is 124 Å². The molecule has 0 aromatic rings. The first kappa shape index (κ1) is 14.8. The summed E-state index contributed by atoms with van der Waals surface area (Å²) >= 11 is 0. The minimum atomic E-state index is -0.380. The fourth-order valence-corrected chi connectivity index (χ4v) is 4.93. The van der Waals surface area contributed by atoms with E-state index in [-0.39, 0.29) is 11.2 Å². The monoisotopic (exact) mass is 280 g/mol. The van der Waals surface area contributed by atoms with Crippen LogP contribution in [0, 0.1) is 11.8 Å². The van der Waals surface area contributed by atoms with Gasteiger partial charge in [-0.2, -0.15) is 0 Å². The van der Waals surface area contributed by atoms with Crippen LogP contribution in [0.4, 0.5) is 0 Å². The Morgan fingerprint density at radius 1 is 1.05 bits per heavy atom.